The summed E-state index contributed by atoms with van der Waals surface area (Å²) in [6.45, 7) is 6.54. The Morgan fingerprint density at radius 3 is 2.61 bits per heavy atom. The summed E-state index contributed by atoms with van der Waals surface area (Å²) >= 11 is 0. The second-order valence-corrected chi connectivity index (χ2v) is 5.36. The van der Waals surface area contributed by atoms with E-state index < -0.39 is 4.92 Å². The van der Waals surface area contributed by atoms with E-state index in [1.165, 1.54) is 12.1 Å². The van der Waals surface area contributed by atoms with E-state index in [0.717, 1.165) is 32.7 Å². The number of nitrogens with zero attached hydrogens (tertiary/aromatic N) is 6. The topological polar surface area (TPSA) is 99.2 Å². The number of aromatic nitrogens is 2. The van der Waals surface area contributed by atoms with Gasteiger partial charge in [0.15, 0.2) is 11.5 Å². The molecule has 0 unspecified atom stereocenters. The molecule has 0 bridgehead atoms. The molecule has 1 aliphatic rings. The predicted molar refractivity (Wildman–Crippen MR) is 85.2 cm³/mol. The van der Waals surface area contributed by atoms with Crippen LogP contribution in [0.2, 0.25) is 0 Å². The number of hydrogen-bond donors (Lipinski definition) is 0. The molecule has 0 radical (unpaired) electrons. The van der Waals surface area contributed by atoms with Crippen molar-refractivity contribution < 1.29 is 4.92 Å². The van der Waals surface area contributed by atoms with Crippen LogP contribution in [0.5, 0.6) is 0 Å². The average Bonchev–Trinajstić information content (AvgIpc) is 2.60. The van der Waals surface area contributed by atoms with Crippen LogP contribution in [0.3, 0.4) is 0 Å². The van der Waals surface area contributed by atoms with E-state index in [1.54, 1.807) is 6.07 Å². The number of nitriles is 1. The number of piperazine rings is 1. The van der Waals surface area contributed by atoms with E-state index in [2.05, 4.69) is 32.8 Å². The SMILES string of the molecule is CCN1CCN(c2nc3ccc([N+](=O)[O-])cc3nc2C#N)CC1. The van der Waals surface area contributed by atoms with E-state index in [1.807, 2.05) is 0 Å². The van der Waals surface area contributed by atoms with Gasteiger partial charge in [-0.05, 0) is 12.6 Å². The average molecular weight is 312 g/mol. The number of benzene rings is 1. The number of nitro groups is 1. The number of anilines is 1. The molecule has 1 saturated heterocycles. The van der Waals surface area contributed by atoms with E-state index in [9.17, 15) is 15.4 Å². The molecule has 1 aromatic carbocycles. The van der Waals surface area contributed by atoms with E-state index in [0.29, 0.717) is 16.9 Å². The zero-order valence-electron chi connectivity index (χ0n) is 12.8. The second kappa shape index (κ2) is 6.14. The van der Waals surface area contributed by atoms with Gasteiger partial charge in [0.1, 0.15) is 6.07 Å². The van der Waals surface area contributed by atoms with Crippen molar-refractivity contribution in [3.05, 3.63) is 34.0 Å². The molecule has 0 atom stereocenters. The van der Waals surface area contributed by atoms with Gasteiger partial charge in [0, 0.05) is 38.3 Å². The maximum Gasteiger partial charge on any atom is 0.271 e. The van der Waals surface area contributed by atoms with Crippen LogP contribution in [-0.2, 0) is 0 Å². The Morgan fingerprint density at radius 1 is 1.26 bits per heavy atom. The zero-order valence-corrected chi connectivity index (χ0v) is 12.8. The highest BCUT2D eigenvalue weighted by molar-refractivity contribution is 5.80. The molecule has 118 valence electrons. The maximum absolute atomic E-state index is 10.9. The molecule has 0 amide bonds. The number of likely N-dealkylation sites (N-methyl/N-ethyl adjacent to an activating group) is 1. The Labute approximate surface area is 133 Å². The Hall–Kier alpha value is -2.79. The van der Waals surface area contributed by atoms with Crippen LogP contribution < -0.4 is 4.90 Å². The summed E-state index contributed by atoms with van der Waals surface area (Å²) in [6, 6.07) is 6.39. The monoisotopic (exact) mass is 312 g/mol. The molecule has 8 nitrogen and oxygen atoms in total. The van der Waals surface area contributed by atoms with E-state index in [-0.39, 0.29) is 11.4 Å². The molecular weight excluding hydrogens is 296 g/mol. The summed E-state index contributed by atoms with van der Waals surface area (Å²) in [7, 11) is 0. The fourth-order valence-corrected chi connectivity index (χ4v) is 2.72. The molecule has 8 heteroatoms. The molecule has 2 aromatic rings. The maximum atomic E-state index is 10.9. The highest BCUT2D eigenvalue weighted by Crippen LogP contribution is 2.24. The first-order valence-corrected chi connectivity index (χ1v) is 7.46. The van der Waals surface area contributed by atoms with Crippen LogP contribution in [0.4, 0.5) is 11.5 Å². The molecule has 1 fully saturated rings. The van der Waals surface area contributed by atoms with Crippen molar-refractivity contribution in [2.75, 3.05) is 37.6 Å². The molecule has 3 rings (SSSR count). The summed E-state index contributed by atoms with van der Waals surface area (Å²) in [5.74, 6) is 0.560. The van der Waals surface area contributed by atoms with Crippen LogP contribution in [0.25, 0.3) is 11.0 Å². The summed E-state index contributed by atoms with van der Waals surface area (Å²) in [6.07, 6.45) is 0. The fraction of sp³-hybridized carbons (Fsp3) is 0.400. The molecule has 1 aliphatic heterocycles. The van der Waals surface area contributed by atoms with Crippen LogP contribution in [-0.4, -0.2) is 52.5 Å². The lowest BCUT2D eigenvalue weighted by molar-refractivity contribution is -0.384. The van der Waals surface area contributed by atoms with Gasteiger partial charge in [0.2, 0.25) is 0 Å². The largest absolute Gasteiger partial charge is 0.352 e. The lowest BCUT2D eigenvalue weighted by atomic mass is 10.2. The van der Waals surface area contributed by atoms with Gasteiger partial charge in [0.05, 0.1) is 16.0 Å². The molecule has 0 saturated carbocycles. The van der Waals surface area contributed by atoms with Crippen molar-refractivity contribution in [2.45, 2.75) is 6.92 Å². The van der Waals surface area contributed by atoms with Crippen LogP contribution in [0.15, 0.2) is 18.2 Å². The Morgan fingerprint density at radius 2 is 2.00 bits per heavy atom. The van der Waals surface area contributed by atoms with Crippen molar-refractivity contribution >= 4 is 22.5 Å². The summed E-state index contributed by atoms with van der Waals surface area (Å²) in [5.41, 5.74) is 1.08. The van der Waals surface area contributed by atoms with Gasteiger partial charge in [-0.1, -0.05) is 6.92 Å². The summed E-state index contributed by atoms with van der Waals surface area (Å²) in [4.78, 5) is 23.5. The van der Waals surface area contributed by atoms with Crippen molar-refractivity contribution in [3.8, 4) is 6.07 Å². The number of rotatable bonds is 3. The van der Waals surface area contributed by atoms with Gasteiger partial charge in [-0.3, -0.25) is 10.1 Å². The van der Waals surface area contributed by atoms with Crippen LogP contribution >= 0.6 is 0 Å². The molecule has 0 aliphatic carbocycles. The quantitative estimate of drug-likeness (QED) is 0.626. The minimum absolute atomic E-state index is 0.0556. The first kappa shape index (κ1) is 15.1. The Bertz CT molecular complexity index is 792. The summed E-state index contributed by atoms with van der Waals surface area (Å²) < 4.78 is 0. The molecule has 0 spiro atoms. The zero-order chi connectivity index (χ0) is 16.4. The first-order chi connectivity index (χ1) is 11.1. The number of fused-ring (bicyclic) bond motifs is 1. The molecule has 23 heavy (non-hydrogen) atoms. The minimum Gasteiger partial charge on any atom is -0.352 e. The van der Waals surface area contributed by atoms with Gasteiger partial charge in [0.25, 0.3) is 5.69 Å². The van der Waals surface area contributed by atoms with E-state index >= 15 is 0 Å². The third-order valence-corrected chi connectivity index (χ3v) is 4.07. The lowest BCUT2D eigenvalue weighted by Gasteiger charge is -2.34. The lowest BCUT2D eigenvalue weighted by Crippen LogP contribution is -2.46. The van der Waals surface area contributed by atoms with E-state index in [4.69, 9.17) is 0 Å². The molecule has 2 heterocycles. The third kappa shape index (κ3) is 2.91. The highest BCUT2D eigenvalue weighted by Gasteiger charge is 2.21. The Kier molecular flexibility index (Phi) is 4.04. The van der Waals surface area contributed by atoms with Crippen molar-refractivity contribution in [1.82, 2.24) is 14.9 Å². The minimum atomic E-state index is -0.481. The van der Waals surface area contributed by atoms with Gasteiger partial charge >= 0.3 is 0 Å². The van der Waals surface area contributed by atoms with Gasteiger partial charge < -0.3 is 9.80 Å². The number of non-ortho nitro benzene ring substituents is 1. The van der Waals surface area contributed by atoms with Crippen molar-refractivity contribution in [2.24, 2.45) is 0 Å². The standard InChI is InChI=1S/C15H16N6O2/c1-2-19-5-7-20(8-6-19)15-14(10-16)17-13-9-11(21(22)23)3-4-12(13)18-15/h3-4,9H,2,5-8H2,1H3. The van der Waals surface area contributed by atoms with Gasteiger partial charge in [-0.15, -0.1) is 0 Å². The van der Waals surface area contributed by atoms with Gasteiger partial charge in [-0.25, -0.2) is 9.97 Å². The predicted octanol–water partition coefficient (Wildman–Crippen LogP) is 1.55. The third-order valence-electron chi connectivity index (χ3n) is 4.07. The smallest absolute Gasteiger partial charge is 0.271 e. The van der Waals surface area contributed by atoms with Crippen LogP contribution in [0.1, 0.15) is 12.6 Å². The molecule has 1 aromatic heterocycles. The van der Waals surface area contributed by atoms with Crippen LogP contribution in [0, 0.1) is 21.4 Å². The molecule has 0 N–H and O–H groups in total. The van der Waals surface area contributed by atoms with Crippen molar-refractivity contribution in [1.29, 1.82) is 5.26 Å². The Balaban J connectivity index is 1.99. The van der Waals surface area contributed by atoms with Gasteiger partial charge in [-0.2, -0.15) is 5.26 Å². The first-order valence-electron chi connectivity index (χ1n) is 7.46. The highest BCUT2D eigenvalue weighted by atomic mass is 16.6. The normalized spacial score (nSPS) is 15.6. The fourth-order valence-electron chi connectivity index (χ4n) is 2.72. The second-order valence-electron chi connectivity index (χ2n) is 5.36. The van der Waals surface area contributed by atoms with Crippen molar-refractivity contribution in [3.63, 3.8) is 0 Å². The summed E-state index contributed by atoms with van der Waals surface area (Å²) in [5, 5.41) is 20.2. The molecular formula is C15H16N6O2. The number of hydrogen-bond acceptors (Lipinski definition) is 7. The number of nitro benzene ring substituents is 1.